The molecule has 24 heavy (non-hydrogen) atoms. The Morgan fingerprint density at radius 1 is 1.25 bits per heavy atom. The van der Waals surface area contributed by atoms with Crippen molar-refractivity contribution in [1.29, 1.82) is 0 Å². The zero-order chi connectivity index (χ0) is 17.3. The van der Waals surface area contributed by atoms with Crippen LogP contribution in [0.2, 0.25) is 0 Å². The van der Waals surface area contributed by atoms with Gasteiger partial charge in [0, 0.05) is 6.42 Å². The first-order valence-corrected chi connectivity index (χ1v) is 7.49. The SMILES string of the molecule is COC(=O)[C@]12CC(O)[C@@H](O)C(O1)[C@H](COC(=O)c1ccccc1)O2. The van der Waals surface area contributed by atoms with Gasteiger partial charge in [-0.05, 0) is 12.1 Å². The molecular formula is C16H18O8. The molecule has 0 amide bonds. The molecule has 0 aliphatic carbocycles. The molecule has 0 aromatic heterocycles. The summed E-state index contributed by atoms with van der Waals surface area (Å²) in [5.74, 6) is -3.17. The van der Waals surface area contributed by atoms with Gasteiger partial charge in [0.05, 0.1) is 18.8 Å². The highest BCUT2D eigenvalue weighted by atomic mass is 16.8. The minimum absolute atomic E-state index is 0.235. The van der Waals surface area contributed by atoms with Crippen LogP contribution in [0.3, 0.4) is 0 Å². The standard InChI is InChI=1S/C16H18O8/c1-21-15(20)16-7-10(17)12(18)13(24-16)11(23-16)8-22-14(19)9-5-3-2-4-6-9/h2-6,10-13,17-18H,7-8H2,1H3/t10?,11-,12+,13?,16-/m0/s1. The lowest BCUT2D eigenvalue weighted by atomic mass is 9.96. The summed E-state index contributed by atoms with van der Waals surface area (Å²) in [6.07, 6.45) is -4.63. The molecule has 0 radical (unpaired) electrons. The van der Waals surface area contributed by atoms with Crippen LogP contribution in [0.15, 0.2) is 30.3 Å². The first-order chi connectivity index (χ1) is 11.5. The number of benzene rings is 1. The van der Waals surface area contributed by atoms with Gasteiger partial charge < -0.3 is 29.2 Å². The largest absolute Gasteiger partial charge is 0.465 e. The number of hydrogen-bond donors (Lipinski definition) is 2. The number of carbonyl (C=O) groups excluding carboxylic acids is 2. The highest BCUT2D eigenvalue weighted by Crippen LogP contribution is 2.41. The molecule has 1 aromatic carbocycles. The summed E-state index contributed by atoms with van der Waals surface area (Å²) in [7, 11) is 1.17. The summed E-state index contributed by atoms with van der Waals surface area (Å²) in [5, 5.41) is 20.0. The van der Waals surface area contributed by atoms with Crippen LogP contribution in [-0.4, -0.2) is 66.1 Å². The second-order valence-electron chi connectivity index (χ2n) is 5.71. The number of rotatable bonds is 4. The number of ether oxygens (including phenoxy) is 4. The van der Waals surface area contributed by atoms with Crippen molar-refractivity contribution in [2.24, 2.45) is 0 Å². The van der Waals surface area contributed by atoms with E-state index in [-0.39, 0.29) is 13.0 Å². The predicted octanol–water partition coefficient (Wildman–Crippen LogP) is -0.378. The first-order valence-electron chi connectivity index (χ1n) is 7.49. The zero-order valence-corrected chi connectivity index (χ0v) is 13.0. The lowest BCUT2D eigenvalue weighted by molar-refractivity contribution is -0.246. The number of fused-ring (bicyclic) bond motifs is 2. The van der Waals surface area contributed by atoms with Gasteiger partial charge in [-0.25, -0.2) is 9.59 Å². The van der Waals surface area contributed by atoms with Gasteiger partial charge in [-0.2, -0.15) is 0 Å². The molecule has 2 aliphatic rings. The minimum Gasteiger partial charge on any atom is -0.465 e. The molecule has 2 fully saturated rings. The minimum atomic E-state index is -1.79. The third-order valence-corrected chi connectivity index (χ3v) is 4.13. The normalized spacial score (nSPS) is 34.6. The lowest BCUT2D eigenvalue weighted by Gasteiger charge is -2.34. The molecule has 1 aromatic rings. The van der Waals surface area contributed by atoms with Gasteiger partial charge in [0.25, 0.3) is 5.79 Å². The van der Waals surface area contributed by atoms with Gasteiger partial charge in [0.15, 0.2) is 0 Å². The molecule has 130 valence electrons. The average molecular weight is 338 g/mol. The van der Waals surface area contributed by atoms with E-state index >= 15 is 0 Å². The van der Waals surface area contributed by atoms with Crippen LogP contribution < -0.4 is 0 Å². The van der Waals surface area contributed by atoms with E-state index in [0.717, 1.165) is 0 Å². The van der Waals surface area contributed by atoms with E-state index in [4.69, 9.17) is 14.2 Å². The van der Waals surface area contributed by atoms with Crippen LogP contribution in [0.4, 0.5) is 0 Å². The Hall–Kier alpha value is -2.00. The Labute approximate surface area is 137 Å². The van der Waals surface area contributed by atoms with Crippen molar-refractivity contribution in [3.8, 4) is 0 Å². The number of esters is 2. The molecule has 0 spiro atoms. The van der Waals surface area contributed by atoms with Crippen LogP contribution in [0.5, 0.6) is 0 Å². The van der Waals surface area contributed by atoms with Crippen molar-refractivity contribution < 1.29 is 38.7 Å². The van der Waals surface area contributed by atoms with Crippen LogP contribution in [0.25, 0.3) is 0 Å². The highest BCUT2D eigenvalue weighted by Gasteiger charge is 2.62. The lowest BCUT2D eigenvalue weighted by Crippen LogP contribution is -2.54. The fourth-order valence-electron chi connectivity index (χ4n) is 2.92. The summed E-state index contributed by atoms with van der Waals surface area (Å²) in [6.45, 7) is -0.235. The highest BCUT2D eigenvalue weighted by molar-refractivity contribution is 5.89. The smallest absolute Gasteiger partial charge is 0.366 e. The third kappa shape index (κ3) is 2.89. The van der Waals surface area contributed by atoms with Crippen LogP contribution in [0.1, 0.15) is 16.8 Å². The molecule has 8 heteroatoms. The molecule has 2 aliphatic heterocycles. The molecule has 2 bridgehead atoms. The molecular weight excluding hydrogens is 320 g/mol. The van der Waals surface area contributed by atoms with Crippen molar-refractivity contribution in [2.45, 2.75) is 36.6 Å². The first kappa shape index (κ1) is 16.8. The molecule has 5 atom stereocenters. The third-order valence-electron chi connectivity index (χ3n) is 4.13. The van der Waals surface area contributed by atoms with Gasteiger partial charge in [-0.1, -0.05) is 18.2 Å². The summed E-state index contributed by atoms with van der Waals surface area (Å²) in [4.78, 5) is 23.9. The molecule has 3 rings (SSSR count). The van der Waals surface area contributed by atoms with Gasteiger partial charge in [-0.3, -0.25) is 0 Å². The fourth-order valence-corrected chi connectivity index (χ4v) is 2.92. The second kappa shape index (κ2) is 6.48. The average Bonchev–Trinajstić information content (AvgIpc) is 2.93. The monoisotopic (exact) mass is 338 g/mol. The van der Waals surface area contributed by atoms with E-state index < -0.39 is 42.1 Å². The van der Waals surface area contributed by atoms with Crippen molar-refractivity contribution in [3.63, 3.8) is 0 Å². The number of methoxy groups -OCH3 is 1. The maximum Gasteiger partial charge on any atom is 0.366 e. The Morgan fingerprint density at radius 2 is 1.96 bits per heavy atom. The Morgan fingerprint density at radius 3 is 2.62 bits per heavy atom. The van der Waals surface area contributed by atoms with E-state index in [0.29, 0.717) is 5.56 Å². The molecule has 0 saturated carbocycles. The van der Waals surface area contributed by atoms with E-state index in [1.165, 1.54) is 7.11 Å². The van der Waals surface area contributed by atoms with Gasteiger partial charge in [0.1, 0.15) is 24.9 Å². The summed E-state index contributed by atoms with van der Waals surface area (Å²) < 4.78 is 20.9. The predicted molar refractivity (Wildman–Crippen MR) is 77.8 cm³/mol. The molecule has 2 N–H and O–H groups in total. The maximum atomic E-state index is 12.0. The fraction of sp³-hybridized carbons (Fsp3) is 0.500. The Kier molecular flexibility index (Phi) is 4.55. The summed E-state index contributed by atoms with van der Waals surface area (Å²) in [5.41, 5.74) is 0.364. The van der Waals surface area contributed by atoms with Gasteiger partial charge in [0.2, 0.25) is 0 Å². The Bertz CT molecular complexity index is 618. The van der Waals surface area contributed by atoms with Crippen LogP contribution in [0, 0.1) is 0 Å². The maximum absolute atomic E-state index is 12.0. The molecule has 2 saturated heterocycles. The number of carbonyl (C=O) groups is 2. The molecule has 2 heterocycles. The van der Waals surface area contributed by atoms with Crippen LogP contribution >= 0.6 is 0 Å². The van der Waals surface area contributed by atoms with E-state index in [1.54, 1.807) is 30.3 Å². The topological polar surface area (TPSA) is 112 Å². The summed E-state index contributed by atoms with van der Waals surface area (Å²) in [6, 6.07) is 8.37. The molecule has 2 unspecified atom stereocenters. The number of aliphatic hydroxyl groups excluding tert-OH is 2. The second-order valence-corrected chi connectivity index (χ2v) is 5.71. The van der Waals surface area contributed by atoms with Gasteiger partial charge >= 0.3 is 11.9 Å². The molecule has 8 nitrogen and oxygen atoms in total. The van der Waals surface area contributed by atoms with E-state index in [1.807, 2.05) is 0 Å². The zero-order valence-electron chi connectivity index (χ0n) is 13.0. The van der Waals surface area contributed by atoms with Crippen molar-refractivity contribution in [2.75, 3.05) is 13.7 Å². The van der Waals surface area contributed by atoms with E-state index in [9.17, 15) is 19.8 Å². The Balaban J connectivity index is 1.70. The number of aliphatic hydroxyl groups is 2. The van der Waals surface area contributed by atoms with Crippen molar-refractivity contribution in [3.05, 3.63) is 35.9 Å². The van der Waals surface area contributed by atoms with Crippen molar-refractivity contribution >= 4 is 11.9 Å². The quantitative estimate of drug-likeness (QED) is 0.715. The van der Waals surface area contributed by atoms with Crippen molar-refractivity contribution in [1.82, 2.24) is 0 Å². The number of hydrogen-bond acceptors (Lipinski definition) is 8. The van der Waals surface area contributed by atoms with E-state index in [2.05, 4.69) is 4.74 Å². The van der Waals surface area contributed by atoms with Crippen LogP contribution in [-0.2, 0) is 23.7 Å². The summed E-state index contributed by atoms with van der Waals surface area (Å²) >= 11 is 0. The van der Waals surface area contributed by atoms with Gasteiger partial charge in [-0.15, -0.1) is 0 Å².